The molecular weight excluding hydrogens is 256 g/mol. The highest BCUT2D eigenvalue weighted by Crippen LogP contribution is 2.29. The summed E-state index contributed by atoms with van der Waals surface area (Å²) >= 11 is 0. The van der Waals surface area contributed by atoms with Crippen molar-refractivity contribution in [1.82, 2.24) is 10.7 Å². The monoisotopic (exact) mass is 269 g/mol. The second-order valence-electron chi connectivity index (χ2n) is 4.45. The zero-order valence-electron chi connectivity index (χ0n) is 11.1. The molecule has 1 N–H and O–H groups in total. The third-order valence-electron chi connectivity index (χ3n) is 3.40. The molecule has 0 aliphatic heterocycles. The molecule has 0 atom stereocenters. The molecule has 5 nitrogen and oxygen atoms in total. The van der Waals surface area contributed by atoms with E-state index in [9.17, 15) is 9.90 Å². The molecule has 1 heterocycles. The number of hydrogen-bond donors (Lipinski definition) is 1. The van der Waals surface area contributed by atoms with E-state index in [0.29, 0.717) is 22.0 Å². The van der Waals surface area contributed by atoms with Crippen LogP contribution in [0.3, 0.4) is 0 Å². The molecule has 0 spiro atoms. The van der Waals surface area contributed by atoms with Gasteiger partial charge in [0.25, 0.3) is 0 Å². The first kappa shape index (κ1) is 13.9. The largest absolute Gasteiger partial charge is 0.507 e. The van der Waals surface area contributed by atoms with Crippen molar-refractivity contribution in [2.24, 2.45) is 7.05 Å². The number of aryl methyl sites for hydroxylation is 1. The summed E-state index contributed by atoms with van der Waals surface area (Å²) in [5.41, 5.74) is 1.32. The average Bonchev–Trinajstić information content (AvgIpc) is 2.44. The van der Waals surface area contributed by atoms with Crippen LogP contribution in [-0.2, 0) is 7.05 Å². The lowest BCUT2D eigenvalue weighted by atomic mass is 10.1. The fourth-order valence-corrected chi connectivity index (χ4v) is 2.42. The topological polar surface area (TPSA) is 82.0 Å². The van der Waals surface area contributed by atoms with E-state index in [4.69, 9.17) is 4.74 Å². The molecule has 0 fully saturated rings. The number of pyridine rings is 1. The van der Waals surface area contributed by atoms with Crippen LogP contribution in [0, 0.1) is 0 Å². The van der Waals surface area contributed by atoms with Crippen LogP contribution in [0.5, 0.6) is 11.5 Å². The Balaban J connectivity index is 0.00000147. The minimum absolute atomic E-state index is 0. The SMILES string of the molecule is COc1cc(O)c2c(=O)c3ccccc3n(C)c2c1.[N]. The summed E-state index contributed by atoms with van der Waals surface area (Å²) in [4.78, 5) is 12.4. The van der Waals surface area contributed by atoms with E-state index in [-0.39, 0.29) is 17.3 Å². The van der Waals surface area contributed by atoms with E-state index >= 15 is 0 Å². The van der Waals surface area contributed by atoms with E-state index < -0.39 is 0 Å². The Bertz CT molecular complexity index is 853. The Labute approximate surface area is 115 Å². The van der Waals surface area contributed by atoms with Gasteiger partial charge in [0.1, 0.15) is 11.5 Å². The van der Waals surface area contributed by atoms with Crippen molar-refractivity contribution in [3.8, 4) is 11.5 Å². The molecule has 3 aromatic rings. The van der Waals surface area contributed by atoms with Crippen molar-refractivity contribution in [2.45, 2.75) is 0 Å². The third kappa shape index (κ3) is 1.80. The summed E-state index contributed by atoms with van der Waals surface area (Å²) < 4.78 is 7.02. The minimum atomic E-state index is -0.163. The van der Waals surface area contributed by atoms with Gasteiger partial charge in [0.15, 0.2) is 0 Å². The van der Waals surface area contributed by atoms with E-state index in [0.717, 1.165) is 5.52 Å². The molecular formula is C15H13N2O3. The molecule has 0 aliphatic rings. The Morgan fingerprint density at radius 3 is 2.55 bits per heavy atom. The lowest BCUT2D eigenvalue weighted by Gasteiger charge is -2.12. The van der Waals surface area contributed by atoms with E-state index in [1.54, 1.807) is 12.1 Å². The number of phenolic OH excluding ortho intramolecular Hbond substituents is 1. The molecule has 0 bridgehead atoms. The van der Waals surface area contributed by atoms with Crippen LogP contribution < -0.4 is 16.3 Å². The molecule has 0 saturated carbocycles. The van der Waals surface area contributed by atoms with Crippen LogP contribution in [0.25, 0.3) is 21.8 Å². The quantitative estimate of drug-likeness (QED) is 0.685. The van der Waals surface area contributed by atoms with E-state index in [1.807, 2.05) is 29.8 Å². The summed E-state index contributed by atoms with van der Waals surface area (Å²) in [6.07, 6.45) is 0. The number of rotatable bonds is 1. The van der Waals surface area contributed by atoms with Crippen molar-refractivity contribution in [2.75, 3.05) is 7.11 Å². The second kappa shape index (κ2) is 4.86. The maximum atomic E-state index is 12.4. The smallest absolute Gasteiger partial charge is 0.200 e. The van der Waals surface area contributed by atoms with Gasteiger partial charge in [-0.05, 0) is 12.1 Å². The summed E-state index contributed by atoms with van der Waals surface area (Å²) in [5.74, 6) is 0.469. The number of aromatic nitrogens is 1. The van der Waals surface area contributed by atoms with Gasteiger partial charge >= 0.3 is 0 Å². The van der Waals surface area contributed by atoms with Crippen molar-refractivity contribution in [3.63, 3.8) is 0 Å². The van der Waals surface area contributed by atoms with Gasteiger partial charge in [-0.15, -0.1) is 0 Å². The lowest BCUT2D eigenvalue weighted by molar-refractivity contribution is 0.409. The zero-order chi connectivity index (χ0) is 13.6. The molecule has 1 aromatic heterocycles. The summed E-state index contributed by atoms with van der Waals surface area (Å²) in [6.45, 7) is 0. The van der Waals surface area contributed by atoms with Crippen LogP contribution in [-0.4, -0.2) is 16.8 Å². The number of phenols is 1. The molecule has 0 amide bonds. The molecule has 0 unspecified atom stereocenters. The van der Waals surface area contributed by atoms with Crippen LogP contribution in [0.4, 0.5) is 0 Å². The predicted octanol–water partition coefficient (Wildman–Crippen LogP) is 1.93. The van der Waals surface area contributed by atoms with Crippen molar-refractivity contribution in [1.29, 1.82) is 0 Å². The van der Waals surface area contributed by atoms with E-state index in [1.165, 1.54) is 13.2 Å². The first-order valence-electron chi connectivity index (χ1n) is 5.92. The second-order valence-corrected chi connectivity index (χ2v) is 4.45. The number of aromatic hydroxyl groups is 1. The van der Waals surface area contributed by atoms with Crippen molar-refractivity contribution >= 4 is 21.8 Å². The Hall–Kier alpha value is -2.53. The van der Waals surface area contributed by atoms with Gasteiger partial charge in [-0.25, -0.2) is 0 Å². The van der Waals surface area contributed by atoms with Gasteiger partial charge in [0.05, 0.1) is 23.5 Å². The van der Waals surface area contributed by atoms with Gasteiger partial charge < -0.3 is 14.4 Å². The van der Waals surface area contributed by atoms with Gasteiger partial charge in [-0.3, -0.25) is 4.79 Å². The normalized spacial score (nSPS) is 10.5. The average molecular weight is 269 g/mol. The highest BCUT2D eigenvalue weighted by atomic mass is 16.5. The number of para-hydroxylation sites is 1. The predicted molar refractivity (Wildman–Crippen MR) is 77.0 cm³/mol. The molecule has 2 aromatic carbocycles. The van der Waals surface area contributed by atoms with Gasteiger partial charge in [-0.1, -0.05) is 12.1 Å². The van der Waals surface area contributed by atoms with Crippen LogP contribution >= 0.6 is 0 Å². The first-order valence-corrected chi connectivity index (χ1v) is 5.92. The summed E-state index contributed by atoms with van der Waals surface area (Å²) in [6, 6.07) is 10.6. The summed E-state index contributed by atoms with van der Waals surface area (Å²) in [7, 11) is 3.39. The van der Waals surface area contributed by atoms with E-state index in [2.05, 4.69) is 0 Å². The standard InChI is InChI=1S/C15H13NO3.N/c1-16-11-6-4-3-5-10(11)15(18)14-12(16)7-9(19-2)8-13(14)17;/h3-8,17H,1-2H3;. The molecule has 101 valence electrons. The van der Waals surface area contributed by atoms with Gasteiger partial charge in [0.2, 0.25) is 5.43 Å². The van der Waals surface area contributed by atoms with Crippen molar-refractivity contribution < 1.29 is 9.84 Å². The minimum Gasteiger partial charge on any atom is -0.507 e. The maximum Gasteiger partial charge on any atom is 0.200 e. The third-order valence-corrected chi connectivity index (χ3v) is 3.40. The molecule has 0 aliphatic carbocycles. The van der Waals surface area contributed by atoms with Crippen molar-refractivity contribution in [3.05, 3.63) is 46.6 Å². The number of ether oxygens (including phenoxy) is 1. The van der Waals surface area contributed by atoms with Crippen LogP contribution in [0.1, 0.15) is 0 Å². The molecule has 20 heavy (non-hydrogen) atoms. The molecule has 3 radical (unpaired) electrons. The lowest BCUT2D eigenvalue weighted by Crippen LogP contribution is -2.09. The number of hydrogen-bond acceptors (Lipinski definition) is 3. The highest BCUT2D eigenvalue weighted by Gasteiger charge is 2.13. The summed E-state index contributed by atoms with van der Waals surface area (Å²) in [5, 5.41) is 11.0. The zero-order valence-corrected chi connectivity index (χ0v) is 11.1. The maximum absolute atomic E-state index is 12.4. The molecule has 0 saturated heterocycles. The van der Waals surface area contributed by atoms with Crippen LogP contribution in [0.2, 0.25) is 0 Å². The molecule has 3 rings (SSSR count). The number of fused-ring (bicyclic) bond motifs is 2. The first-order chi connectivity index (χ1) is 9.13. The fraction of sp³-hybridized carbons (Fsp3) is 0.133. The fourth-order valence-electron chi connectivity index (χ4n) is 2.42. The van der Waals surface area contributed by atoms with Gasteiger partial charge in [0, 0.05) is 30.7 Å². The Morgan fingerprint density at radius 1 is 1.15 bits per heavy atom. The highest BCUT2D eigenvalue weighted by molar-refractivity contribution is 5.97. The number of methoxy groups -OCH3 is 1. The number of benzene rings is 2. The number of nitrogens with zero attached hydrogens (tertiary/aromatic N) is 2. The van der Waals surface area contributed by atoms with Gasteiger partial charge in [-0.2, -0.15) is 0 Å². The molecule has 5 heteroatoms. The Morgan fingerprint density at radius 2 is 1.85 bits per heavy atom. The Kier molecular flexibility index (Phi) is 3.38. The van der Waals surface area contributed by atoms with Crippen LogP contribution in [0.15, 0.2) is 41.2 Å².